The van der Waals surface area contributed by atoms with Crippen LogP contribution in [0.3, 0.4) is 0 Å². The van der Waals surface area contributed by atoms with Crippen LogP contribution in [0.2, 0.25) is 12.1 Å². The molecule has 1 aliphatic carbocycles. The molecule has 0 heterocycles. The predicted molar refractivity (Wildman–Crippen MR) is 83.8 cm³/mol. The predicted octanol–water partition coefficient (Wildman–Crippen LogP) is 4.44. The van der Waals surface area contributed by atoms with E-state index in [0.29, 0.717) is 5.92 Å². The Bertz CT molecular complexity index is 464. The molecule has 0 spiro atoms. The van der Waals surface area contributed by atoms with E-state index in [1.54, 1.807) is 10.4 Å². The van der Waals surface area contributed by atoms with Crippen LogP contribution >= 0.6 is 0 Å². The van der Waals surface area contributed by atoms with Crippen LogP contribution in [0.4, 0.5) is 0 Å². The summed E-state index contributed by atoms with van der Waals surface area (Å²) in [5, 5.41) is 3.37. The van der Waals surface area contributed by atoms with E-state index in [2.05, 4.69) is 70.2 Å². The SMILES string of the molecule is CC[Si](CC)(C1=C(C)C=CC1C)c1ccccc1. The van der Waals surface area contributed by atoms with Gasteiger partial charge in [0.05, 0.1) is 0 Å². The topological polar surface area (TPSA) is 0 Å². The fourth-order valence-corrected chi connectivity index (χ4v) is 8.62. The molecule has 0 N–H and O–H groups in total. The first-order valence-electron chi connectivity index (χ1n) is 7.10. The Labute approximate surface area is 112 Å². The number of allylic oxidation sites excluding steroid dienone is 4. The Hall–Kier alpha value is -1.08. The minimum absolute atomic E-state index is 0.636. The lowest BCUT2D eigenvalue weighted by atomic mass is 10.2. The third-order valence-electron chi connectivity index (χ3n) is 4.56. The van der Waals surface area contributed by atoms with Crippen molar-refractivity contribution in [3.8, 4) is 0 Å². The number of benzene rings is 1. The van der Waals surface area contributed by atoms with E-state index >= 15 is 0 Å². The molecule has 1 unspecified atom stereocenters. The van der Waals surface area contributed by atoms with Gasteiger partial charge in [0.15, 0.2) is 0 Å². The lowest BCUT2D eigenvalue weighted by Gasteiger charge is -2.35. The molecule has 0 aliphatic heterocycles. The van der Waals surface area contributed by atoms with Crippen LogP contribution in [0.5, 0.6) is 0 Å². The van der Waals surface area contributed by atoms with Crippen molar-refractivity contribution >= 4 is 13.3 Å². The summed E-state index contributed by atoms with van der Waals surface area (Å²) < 4.78 is 0. The van der Waals surface area contributed by atoms with Crippen molar-refractivity contribution in [1.82, 2.24) is 0 Å². The molecule has 1 aromatic rings. The van der Waals surface area contributed by atoms with Gasteiger partial charge in [-0.05, 0) is 12.8 Å². The zero-order chi connectivity index (χ0) is 13.2. The zero-order valence-electron chi connectivity index (χ0n) is 12.0. The standard InChI is InChI=1S/C17H24Si/c1-5-18(6-2,16-10-8-7-9-11-16)17-14(3)12-13-15(17)4/h7-14H,5-6H2,1-4H3. The second-order valence-corrected chi connectivity index (χ2v) is 10.1. The van der Waals surface area contributed by atoms with E-state index in [9.17, 15) is 0 Å². The molecular weight excluding hydrogens is 232 g/mol. The van der Waals surface area contributed by atoms with Crippen LogP contribution < -0.4 is 5.19 Å². The molecule has 0 radical (unpaired) electrons. The van der Waals surface area contributed by atoms with Gasteiger partial charge in [-0.25, -0.2) is 0 Å². The van der Waals surface area contributed by atoms with Crippen molar-refractivity contribution in [1.29, 1.82) is 0 Å². The smallest absolute Gasteiger partial charge is 0.0777 e. The summed E-state index contributed by atoms with van der Waals surface area (Å²) in [6, 6.07) is 13.9. The Kier molecular flexibility index (Phi) is 3.91. The maximum absolute atomic E-state index is 2.38. The Morgan fingerprint density at radius 1 is 1.06 bits per heavy atom. The molecule has 1 aliphatic rings. The lowest BCUT2D eigenvalue weighted by molar-refractivity contribution is 0.912. The zero-order valence-corrected chi connectivity index (χ0v) is 13.0. The summed E-state index contributed by atoms with van der Waals surface area (Å²) in [4.78, 5) is 0. The first-order chi connectivity index (χ1) is 8.65. The van der Waals surface area contributed by atoms with Crippen molar-refractivity contribution in [2.75, 3.05) is 0 Å². The third-order valence-corrected chi connectivity index (χ3v) is 10.3. The molecular formula is C17H24Si. The molecule has 18 heavy (non-hydrogen) atoms. The molecule has 0 nitrogen and oxygen atoms in total. The van der Waals surface area contributed by atoms with E-state index in [0.717, 1.165) is 0 Å². The highest BCUT2D eigenvalue weighted by Gasteiger charge is 2.39. The van der Waals surface area contributed by atoms with Crippen LogP contribution in [-0.4, -0.2) is 8.07 Å². The van der Waals surface area contributed by atoms with Crippen LogP contribution in [0.1, 0.15) is 27.7 Å². The largest absolute Gasteiger partial charge is 0.114 e. The molecule has 1 aromatic carbocycles. The highest BCUT2D eigenvalue weighted by Crippen LogP contribution is 2.36. The van der Waals surface area contributed by atoms with Crippen molar-refractivity contribution < 1.29 is 0 Å². The van der Waals surface area contributed by atoms with E-state index in [1.807, 2.05) is 0 Å². The van der Waals surface area contributed by atoms with Gasteiger partial charge >= 0.3 is 0 Å². The molecule has 0 aromatic heterocycles. The van der Waals surface area contributed by atoms with Gasteiger partial charge in [-0.2, -0.15) is 0 Å². The molecule has 2 rings (SSSR count). The fraction of sp³-hybridized carbons (Fsp3) is 0.412. The van der Waals surface area contributed by atoms with E-state index in [1.165, 1.54) is 17.7 Å². The van der Waals surface area contributed by atoms with Crippen LogP contribution in [0.25, 0.3) is 0 Å². The highest BCUT2D eigenvalue weighted by atomic mass is 28.3. The van der Waals surface area contributed by atoms with Gasteiger partial charge in [0.1, 0.15) is 8.07 Å². The maximum Gasteiger partial charge on any atom is 0.114 e. The minimum Gasteiger partial charge on any atom is -0.0777 e. The molecule has 0 saturated heterocycles. The summed E-state index contributed by atoms with van der Waals surface area (Å²) in [7, 11) is -1.50. The van der Waals surface area contributed by atoms with Crippen LogP contribution in [-0.2, 0) is 0 Å². The molecule has 0 saturated carbocycles. The summed E-state index contributed by atoms with van der Waals surface area (Å²) in [5.74, 6) is 0.636. The highest BCUT2D eigenvalue weighted by molar-refractivity contribution is 6.97. The lowest BCUT2D eigenvalue weighted by Crippen LogP contribution is -2.50. The molecule has 96 valence electrons. The van der Waals surface area contributed by atoms with E-state index < -0.39 is 8.07 Å². The average molecular weight is 256 g/mol. The molecule has 1 atom stereocenters. The van der Waals surface area contributed by atoms with Crippen LogP contribution in [0, 0.1) is 5.92 Å². The van der Waals surface area contributed by atoms with Gasteiger partial charge in [0, 0.05) is 0 Å². The first-order valence-corrected chi connectivity index (χ1v) is 9.52. The Morgan fingerprint density at radius 2 is 1.67 bits per heavy atom. The molecule has 0 amide bonds. The molecule has 0 fully saturated rings. The summed E-state index contributed by atoms with van der Waals surface area (Å²) in [6.07, 6.45) is 4.71. The Morgan fingerprint density at radius 3 is 2.11 bits per heavy atom. The van der Waals surface area contributed by atoms with Gasteiger partial charge in [0.25, 0.3) is 0 Å². The normalized spacial score (nSPS) is 19.7. The molecule has 0 bridgehead atoms. The van der Waals surface area contributed by atoms with E-state index in [4.69, 9.17) is 0 Å². The number of hydrogen-bond donors (Lipinski definition) is 0. The molecule has 1 heteroatoms. The quantitative estimate of drug-likeness (QED) is 0.699. The van der Waals surface area contributed by atoms with Crippen LogP contribution in [0.15, 0.2) is 53.3 Å². The minimum atomic E-state index is -1.50. The Balaban J connectivity index is 2.56. The first kappa shape index (κ1) is 13.4. The fourth-order valence-electron chi connectivity index (χ4n) is 3.60. The third kappa shape index (κ3) is 2.01. The van der Waals surface area contributed by atoms with Crippen molar-refractivity contribution in [2.45, 2.75) is 39.8 Å². The van der Waals surface area contributed by atoms with Gasteiger partial charge in [0.2, 0.25) is 0 Å². The number of hydrogen-bond acceptors (Lipinski definition) is 0. The summed E-state index contributed by atoms with van der Waals surface area (Å²) >= 11 is 0. The maximum atomic E-state index is 2.38. The van der Waals surface area contributed by atoms with Crippen molar-refractivity contribution in [2.24, 2.45) is 5.92 Å². The van der Waals surface area contributed by atoms with Crippen molar-refractivity contribution in [3.63, 3.8) is 0 Å². The van der Waals surface area contributed by atoms with Crippen molar-refractivity contribution in [3.05, 3.63) is 53.3 Å². The van der Waals surface area contributed by atoms with Gasteiger partial charge in [-0.3, -0.25) is 0 Å². The summed E-state index contributed by atoms with van der Waals surface area (Å²) in [5.41, 5.74) is 1.53. The van der Waals surface area contributed by atoms with Gasteiger partial charge in [-0.15, -0.1) is 0 Å². The van der Waals surface area contributed by atoms with Gasteiger partial charge in [-0.1, -0.05) is 91.3 Å². The summed E-state index contributed by atoms with van der Waals surface area (Å²) in [6.45, 7) is 9.42. The average Bonchev–Trinajstić information content (AvgIpc) is 2.75. The monoisotopic (exact) mass is 256 g/mol. The van der Waals surface area contributed by atoms with Gasteiger partial charge < -0.3 is 0 Å². The second kappa shape index (κ2) is 5.27. The van der Waals surface area contributed by atoms with E-state index in [-0.39, 0.29) is 0 Å². The number of rotatable bonds is 4. The second-order valence-electron chi connectivity index (χ2n) is 5.40.